The molecule has 2 aromatic rings. The fourth-order valence-corrected chi connectivity index (χ4v) is 3.86. The summed E-state index contributed by atoms with van der Waals surface area (Å²) in [6, 6.07) is 1.26. The van der Waals surface area contributed by atoms with Crippen LogP contribution >= 0.6 is 0 Å². The maximum atomic E-state index is 13.2. The molecule has 0 aliphatic heterocycles. The SMILES string of the molecule is Cc1c(NS(=O)(=O)c2cncc(F)c2)cnn1C1CCCC1. The molecule has 0 unspecified atom stereocenters. The van der Waals surface area contributed by atoms with Crippen LogP contribution in [-0.4, -0.2) is 23.2 Å². The van der Waals surface area contributed by atoms with Gasteiger partial charge in [-0.05, 0) is 25.8 Å². The van der Waals surface area contributed by atoms with Crippen LogP contribution < -0.4 is 4.72 Å². The molecule has 1 saturated carbocycles. The van der Waals surface area contributed by atoms with Crippen molar-refractivity contribution in [2.24, 2.45) is 0 Å². The van der Waals surface area contributed by atoms with Crippen molar-refractivity contribution in [2.45, 2.75) is 43.5 Å². The number of sulfonamides is 1. The summed E-state index contributed by atoms with van der Waals surface area (Å²) >= 11 is 0. The Morgan fingerprint density at radius 2 is 2.00 bits per heavy atom. The van der Waals surface area contributed by atoms with Crippen molar-refractivity contribution in [1.29, 1.82) is 0 Å². The predicted octanol–water partition coefficient (Wildman–Crippen LogP) is 2.64. The van der Waals surface area contributed by atoms with E-state index < -0.39 is 15.8 Å². The van der Waals surface area contributed by atoms with Crippen molar-refractivity contribution in [2.75, 3.05) is 4.72 Å². The summed E-state index contributed by atoms with van der Waals surface area (Å²) in [5, 5.41) is 4.29. The van der Waals surface area contributed by atoms with Crippen LogP contribution in [0.1, 0.15) is 37.4 Å². The molecule has 118 valence electrons. The van der Waals surface area contributed by atoms with Gasteiger partial charge in [0, 0.05) is 6.20 Å². The smallest absolute Gasteiger partial charge is 0.263 e. The van der Waals surface area contributed by atoms with Gasteiger partial charge in [-0.3, -0.25) is 14.4 Å². The molecule has 0 saturated heterocycles. The third-order valence-corrected chi connectivity index (χ3v) is 5.28. The average molecular weight is 324 g/mol. The standard InChI is InChI=1S/C14H17FN4O2S/c1-10-14(9-17-19(10)12-4-2-3-5-12)18-22(20,21)13-6-11(15)7-16-8-13/h6-9,12,18H,2-5H2,1H3. The number of nitrogens with one attached hydrogen (secondary N) is 1. The van der Waals surface area contributed by atoms with E-state index in [1.54, 1.807) is 0 Å². The fourth-order valence-electron chi connectivity index (χ4n) is 2.78. The monoisotopic (exact) mass is 324 g/mol. The minimum absolute atomic E-state index is 0.208. The molecular formula is C14H17FN4O2S. The Balaban J connectivity index is 1.86. The van der Waals surface area contributed by atoms with Crippen molar-refractivity contribution in [3.05, 3.63) is 36.2 Å². The normalized spacial score (nSPS) is 16.1. The molecule has 0 amide bonds. The zero-order valence-electron chi connectivity index (χ0n) is 12.2. The first-order chi connectivity index (χ1) is 10.5. The highest BCUT2D eigenvalue weighted by atomic mass is 32.2. The number of anilines is 1. The van der Waals surface area contributed by atoms with Crippen LogP contribution in [0.3, 0.4) is 0 Å². The Bertz CT molecular complexity index is 782. The number of rotatable bonds is 4. The number of nitrogens with zero attached hydrogens (tertiary/aromatic N) is 3. The van der Waals surface area contributed by atoms with Gasteiger partial charge < -0.3 is 0 Å². The zero-order chi connectivity index (χ0) is 15.7. The van der Waals surface area contributed by atoms with Gasteiger partial charge in [-0.25, -0.2) is 12.8 Å². The first-order valence-corrected chi connectivity index (χ1v) is 8.63. The third-order valence-electron chi connectivity index (χ3n) is 3.95. The van der Waals surface area contributed by atoms with E-state index >= 15 is 0 Å². The van der Waals surface area contributed by atoms with Gasteiger partial charge in [-0.15, -0.1) is 0 Å². The quantitative estimate of drug-likeness (QED) is 0.938. The summed E-state index contributed by atoms with van der Waals surface area (Å²) in [6.07, 6.45) is 8.02. The lowest BCUT2D eigenvalue weighted by atomic mass is 10.2. The highest BCUT2D eigenvalue weighted by Gasteiger charge is 2.23. The van der Waals surface area contributed by atoms with Gasteiger partial charge in [-0.2, -0.15) is 5.10 Å². The van der Waals surface area contributed by atoms with E-state index in [0.29, 0.717) is 11.7 Å². The molecule has 1 N–H and O–H groups in total. The highest BCUT2D eigenvalue weighted by Crippen LogP contribution is 2.32. The highest BCUT2D eigenvalue weighted by molar-refractivity contribution is 7.92. The summed E-state index contributed by atoms with van der Waals surface area (Å²) in [5.74, 6) is -0.693. The largest absolute Gasteiger partial charge is 0.276 e. The molecule has 0 bridgehead atoms. The van der Waals surface area contributed by atoms with Crippen LogP contribution in [0, 0.1) is 12.7 Å². The van der Waals surface area contributed by atoms with Crippen molar-refractivity contribution < 1.29 is 12.8 Å². The molecule has 3 rings (SSSR count). The molecule has 2 aromatic heterocycles. The summed E-state index contributed by atoms with van der Waals surface area (Å²) in [6.45, 7) is 1.83. The average Bonchev–Trinajstić information content (AvgIpc) is 3.10. The van der Waals surface area contributed by atoms with Crippen LogP contribution in [0.4, 0.5) is 10.1 Å². The zero-order valence-corrected chi connectivity index (χ0v) is 13.0. The lowest BCUT2D eigenvalue weighted by Gasteiger charge is -2.13. The van der Waals surface area contributed by atoms with Crippen LogP contribution in [-0.2, 0) is 10.0 Å². The van der Waals surface area contributed by atoms with Gasteiger partial charge in [0.1, 0.15) is 10.7 Å². The van der Waals surface area contributed by atoms with Crippen LogP contribution in [0.2, 0.25) is 0 Å². The van der Waals surface area contributed by atoms with Crippen molar-refractivity contribution in [3.8, 4) is 0 Å². The molecule has 0 aromatic carbocycles. The van der Waals surface area contributed by atoms with E-state index in [0.717, 1.165) is 37.0 Å². The molecule has 0 atom stereocenters. The van der Waals surface area contributed by atoms with E-state index in [-0.39, 0.29) is 4.90 Å². The molecule has 6 nitrogen and oxygen atoms in total. The molecular weight excluding hydrogens is 307 g/mol. The van der Waals surface area contributed by atoms with E-state index in [9.17, 15) is 12.8 Å². The molecule has 1 fully saturated rings. The van der Waals surface area contributed by atoms with Gasteiger partial charge in [0.15, 0.2) is 0 Å². The van der Waals surface area contributed by atoms with Gasteiger partial charge in [-0.1, -0.05) is 12.8 Å². The first kappa shape index (κ1) is 15.0. The van der Waals surface area contributed by atoms with Gasteiger partial charge in [0.05, 0.1) is 29.8 Å². The topological polar surface area (TPSA) is 76.9 Å². The van der Waals surface area contributed by atoms with Crippen molar-refractivity contribution in [3.63, 3.8) is 0 Å². The van der Waals surface area contributed by atoms with E-state index in [4.69, 9.17) is 0 Å². The minimum atomic E-state index is -3.87. The predicted molar refractivity (Wildman–Crippen MR) is 79.5 cm³/mol. The first-order valence-electron chi connectivity index (χ1n) is 7.15. The minimum Gasteiger partial charge on any atom is -0.276 e. The number of hydrogen-bond acceptors (Lipinski definition) is 4. The van der Waals surface area contributed by atoms with Crippen molar-refractivity contribution >= 4 is 15.7 Å². The Labute approximate surface area is 128 Å². The molecule has 8 heteroatoms. The van der Waals surface area contributed by atoms with E-state index in [1.165, 1.54) is 19.0 Å². The molecule has 0 radical (unpaired) electrons. The second kappa shape index (κ2) is 5.68. The van der Waals surface area contributed by atoms with Gasteiger partial charge in [0.2, 0.25) is 0 Å². The lowest BCUT2D eigenvalue weighted by molar-refractivity contribution is 0.457. The number of aromatic nitrogens is 3. The van der Waals surface area contributed by atoms with Gasteiger partial charge in [0.25, 0.3) is 10.0 Å². The molecule has 0 spiro atoms. The summed E-state index contributed by atoms with van der Waals surface area (Å²) in [4.78, 5) is 3.36. The van der Waals surface area contributed by atoms with E-state index in [1.807, 2.05) is 11.6 Å². The van der Waals surface area contributed by atoms with Crippen LogP contribution in [0.15, 0.2) is 29.6 Å². The van der Waals surface area contributed by atoms with Crippen molar-refractivity contribution in [1.82, 2.24) is 14.8 Å². The number of pyridine rings is 1. The van der Waals surface area contributed by atoms with Gasteiger partial charge >= 0.3 is 0 Å². The number of hydrogen-bond donors (Lipinski definition) is 1. The van der Waals surface area contributed by atoms with Crippen LogP contribution in [0.5, 0.6) is 0 Å². The summed E-state index contributed by atoms with van der Waals surface area (Å²) in [5.41, 5.74) is 1.18. The molecule has 1 aliphatic carbocycles. The molecule has 1 aliphatic rings. The maximum absolute atomic E-state index is 13.2. The maximum Gasteiger partial charge on any atom is 0.263 e. The second-order valence-corrected chi connectivity index (χ2v) is 7.15. The Kier molecular flexibility index (Phi) is 3.86. The third kappa shape index (κ3) is 2.83. The number of halogens is 1. The fraction of sp³-hybridized carbons (Fsp3) is 0.429. The second-order valence-electron chi connectivity index (χ2n) is 5.47. The molecule has 22 heavy (non-hydrogen) atoms. The Morgan fingerprint density at radius 1 is 1.27 bits per heavy atom. The summed E-state index contributed by atoms with van der Waals surface area (Å²) < 4.78 is 42.0. The lowest BCUT2D eigenvalue weighted by Crippen LogP contribution is -2.15. The summed E-state index contributed by atoms with van der Waals surface area (Å²) in [7, 11) is -3.87. The molecule has 2 heterocycles. The Hall–Kier alpha value is -1.96. The van der Waals surface area contributed by atoms with Crippen LogP contribution in [0.25, 0.3) is 0 Å². The Morgan fingerprint density at radius 3 is 2.68 bits per heavy atom. The van der Waals surface area contributed by atoms with E-state index in [2.05, 4.69) is 14.8 Å².